The molecule has 1 saturated heterocycles. The maximum atomic E-state index is 12.5. The maximum absolute atomic E-state index is 12.5. The number of hydrogen-bond donors (Lipinski definition) is 2. The number of pyridine rings is 1. The summed E-state index contributed by atoms with van der Waals surface area (Å²) in [5, 5.41) is 6.21. The van der Waals surface area contributed by atoms with Gasteiger partial charge in [-0.25, -0.2) is 9.97 Å². The highest BCUT2D eigenvalue weighted by Crippen LogP contribution is 2.24. The fourth-order valence-corrected chi connectivity index (χ4v) is 3.94. The largest absolute Gasteiger partial charge is 0.378 e. The van der Waals surface area contributed by atoms with Crippen LogP contribution >= 0.6 is 0 Å². The van der Waals surface area contributed by atoms with Crippen LogP contribution in [0.4, 0.5) is 23.0 Å². The smallest absolute Gasteiger partial charge is 0.256 e. The summed E-state index contributed by atoms with van der Waals surface area (Å²) < 4.78 is 5.43. The number of nitrogens with one attached hydrogen (secondary N) is 2. The minimum absolute atomic E-state index is 0.161. The summed E-state index contributed by atoms with van der Waals surface area (Å²) in [6, 6.07) is 19.4. The number of morpholine rings is 1. The monoisotopic (exact) mass is 466 g/mol. The Kier molecular flexibility index (Phi) is 6.63. The van der Waals surface area contributed by atoms with Crippen molar-refractivity contribution in [2.45, 2.75) is 6.92 Å². The van der Waals surface area contributed by atoms with Crippen molar-refractivity contribution in [2.75, 3.05) is 41.8 Å². The summed E-state index contributed by atoms with van der Waals surface area (Å²) in [5.74, 6) is 0.359. The van der Waals surface area contributed by atoms with Gasteiger partial charge in [0.2, 0.25) is 5.95 Å². The number of carbonyl (C=O) groups excluding carboxylic acids is 1. The van der Waals surface area contributed by atoms with Crippen LogP contribution in [0.5, 0.6) is 0 Å². The van der Waals surface area contributed by atoms with Gasteiger partial charge >= 0.3 is 0 Å². The highest BCUT2D eigenvalue weighted by atomic mass is 16.5. The fourth-order valence-electron chi connectivity index (χ4n) is 3.94. The zero-order valence-corrected chi connectivity index (χ0v) is 19.4. The first-order valence-electron chi connectivity index (χ1n) is 11.5. The van der Waals surface area contributed by atoms with Crippen LogP contribution in [0.1, 0.15) is 15.9 Å². The number of ether oxygens (including phenoxy) is 1. The second kappa shape index (κ2) is 10.3. The number of carbonyl (C=O) groups is 1. The molecule has 0 atom stereocenters. The van der Waals surface area contributed by atoms with Gasteiger partial charge in [-0.05, 0) is 61.0 Å². The van der Waals surface area contributed by atoms with Gasteiger partial charge in [-0.15, -0.1) is 0 Å². The Hall–Kier alpha value is -4.30. The molecule has 1 amide bonds. The molecular weight excluding hydrogens is 440 g/mol. The summed E-state index contributed by atoms with van der Waals surface area (Å²) in [6.45, 7) is 5.20. The van der Waals surface area contributed by atoms with Crippen molar-refractivity contribution in [3.63, 3.8) is 0 Å². The zero-order valence-electron chi connectivity index (χ0n) is 19.4. The number of benzene rings is 2. The molecule has 0 radical (unpaired) electrons. The van der Waals surface area contributed by atoms with Crippen LogP contribution in [0.15, 0.2) is 79.3 Å². The van der Waals surface area contributed by atoms with Crippen molar-refractivity contribution in [3.8, 4) is 11.3 Å². The molecule has 0 aliphatic carbocycles. The van der Waals surface area contributed by atoms with Crippen molar-refractivity contribution in [2.24, 2.45) is 0 Å². The lowest BCUT2D eigenvalue weighted by Crippen LogP contribution is -2.36. The zero-order chi connectivity index (χ0) is 24.0. The summed E-state index contributed by atoms with van der Waals surface area (Å²) >= 11 is 0. The van der Waals surface area contributed by atoms with E-state index in [1.165, 1.54) is 5.69 Å². The minimum Gasteiger partial charge on any atom is -0.378 e. The highest BCUT2D eigenvalue weighted by molar-refractivity contribution is 6.05. The molecule has 0 spiro atoms. The van der Waals surface area contributed by atoms with Crippen LogP contribution in [0.2, 0.25) is 0 Å². The molecule has 5 rings (SSSR count). The van der Waals surface area contributed by atoms with E-state index in [1.54, 1.807) is 24.7 Å². The SMILES string of the molecule is Cc1cnccc1C(=O)Nc1ccc(-c2ccnc(Nc3ccc(N4CCOCC4)cc3)n2)cc1. The van der Waals surface area contributed by atoms with Gasteiger partial charge in [0.1, 0.15) is 0 Å². The van der Waals surface area contributed by atoms with Gasteiger partial charge in [0, 0.05) is 59.9 Å². The fraction of sp³-hybridized carbons (Fsp3) is 0.185. The molecular formula is C27H26N6O2. The van der Waals surface area contributed by atoms with E-state index in [-0.39, 0.29) is 5.91 Å². The molecule has 4 aromatic rings. The van der Waals surface area contributed by atoms with Gasteiger partial charge in [-0.1, -0.05) is 12.1 Å². The van der Waals surface area contributed by atoms with Gasteiger partial charge < -0.3 is 20.3 Å². The Morgan fingerprint density at radius 3 is 2.40 bits per heavy atom. The number of nitrogens with zero attached hydrogens (tertiary/aromatic N) is 4. The lowest BCUT2D eigenvalue weighted by Gasteiger charge is -2.28. The van der Waals surface area contributed by atoms with E-state index < -0.39 is 0 Å². The molecule has 35 heavy (non-hydrogen) atoms. The predicted molar refractivity (Wildman–Crippen MR) is 137 cm³/mol. The molecule has 2 aromatic heterocycles. The lowest BCUT2D eigenvalue weighted by molar-refractivity contribution is 0.102. The van der Waals surface area contributed by atoms with Crippen LogP contribution in [0.3, 0.4) is 0 Å². The van der Waals surface area contributed by atoms with Crippen molar-refractivity contribution in [3.05, 3.63) is 90.4 Å². The normalized spacial score (nSPS) is 13.3. The molecule has 3 heterocycles. The van der Waals surface area contributed by atoms with Crippen molar-refractivity contribution in [1.82, 2.24) is 15.0 Å². The molecule has 1 fully saturated rings. The molecule has 1 aliphatic rings. The third-order valence-corrected chi connectivity index (χ3v) is 5.86. The average Bonchev–Trinajstić information content (AvgIpc) is 2.90. The number of rotatable bonds is 6. The third kappa shape index (κ3) is 5.44. The van der Waals surface area contributed by atoms with Crippen LogP contribution in [-0.2, 0) is 4.74 Å². The molecule has 2 N–H and O–H groups in total. The highest BCUT2D eigenvalue weighted by Gasteiger charge is 2.12. The van der Waals surface area contributed by atoms with Gasteiger partial charge in [0.05, 0.1) is 18.9 Å². The van der Waals surface area contributed by atoms with Gasteiger partial charge in [-0.3, -0.25) is 9.78 Å². The Bertz CT molecular complexity index is 1300. The number of hydrogen-bond acceptors (Lipinski definition) is 7. The molecule has 176 valence electrons. The van der Waals surface area contributed by atoms with E-state index in [2.05, 4.69) is 42.6 Å². The Morgan fingerprint density at radius 2 is 1.66 bits per heavy atom. The molecule has 8 heteroatoms. The third-order valence-electron chi connectivity index (χ3n) is 5.86. The maximum Gasteiger partial charge on any atom is 0.256 e. The van der Waals surface area contributed by atoms with Gasteiger partial charge in [0.25, 0.3) is 5.91 Å². The molecule has 2 aromatic carbocycles. The molecule has 0 bridgehead atoms. The summed E-state index contributed by atoms with van der Waals surface area (Å²) in [5.41, 5.74) is 5.96. The van der Waals surface area contributed by atoms with Crippen molar-refractivity contribution >= 4 is 28.9 Å². The van der Waals surface area contributed by atoms with Crippen LogP contribution < -0.4 is 15.5 Å². The Morgan fingerprint density at radius 1 is 0.914 bits per heavy atom. The first kappa shape index (κ1) is 22.5. The Balaban J connectivity index is 1.25. The van der Waals surface area contributed by atoms with Crippen molar-refractivity contribution < 1.29 is 9.53 Å². The topological polar surface area (TPSA) is 92.3 Å². The van der Waals surface area contributed by atoms with E-state index in [9.17, 15) is 4.79 Å². The summed E-state index contributed by atoms with van der Waals surface area (Å²) in [4.78, 5) is 27.9. The second-order valence-corrected chi connectivity index (χ2v) is 8.26. The first-order chi connectivity index (χ1) is 17.2. The molecule has 0 unspecified atom stereocenters. The van der Waals surface area contributed by atoms with E-state index in [0.29, 0.717) is 17.2 Å². The van der Waals surface area contributed by atoms with Gasteiger partial charge in [-0.2, -0.15) is 0 Å². The van der Waals surface area contributed by atoms with Crippen molar-refractivity contribution in [1.29, 1.82) is 0 Å². The predicted octanol–water partition coefficient (Wildman–Crippen LogP) is 4.68. The van der Waals surface area contributed by atoms with Crippen LogP contribution in [-0.4, -0.2) is 47.2 Å². The van der Waals surface area contributed by atoms with E-state index in [4.69, 9.17) is 4.74 Å². The number of aromatic nitrogens is 3. The van der Waals surface area contributed by atoms with Gasteiger partial charge in [0.15, 0.2) is 0 Å². The molecule has 8 nitrogen and oxygen atoms in total. The van der Waals surface area contributed by atoms with E-state index in [0.717, 1.165) is 48.8 Å². The standard InChI is InChI=1S/C27H26N6O2/c1-19-18-28-12-10-24(19)26(34)30-21-4-2-20(3-5-21)25-11-13-29-27(32-25)31-22-6-8-23(9-7-22)33-14-16-35-17-15-33/h2-13,18H,14-17H2,1H3,(H,30,34)(H,29,31,32). The molecule has 1 aliphatic heterocycles. The van der Waals surface area contributed by atoms with Crippen LogP contribution in [0, 0.1) is 6.92 Å². The average molecular weight is 467 g/mol. The Labute approximate surface area is 204 Å². The summed E-state index contributed by atoms with van der Waals surface area (Å²) in [7, 11) is 0. The minimum atomic E-state index is -0.161. The number of amides is 1. The quantitative estimate of drug-likeness (QED) is 0.426. The lowest BCUT2D eigenvalue weighted by atomic mass is 10.1. The van der Waals surface area contributed by atoms with E-state index >= 15 is 0 Å². The molecule has 0 saturated carbocycles. The number of anilines is 4. The van der Waals surface area contributed by atoms with E-state index in [1.807, 2.05) is 49.4 Å². The first-order valence-corrected chi connectivity index (χ1v) is 11.5. The summed E-state index contributed by atoms with van der Waals surface area (Å²) in [6.07, 6.45) is 5.02. The second-order valence-electron chi connectivity index (χ2n) is 8.26. The van der Waals surface area contributed by atoms with Crippen LogP contribution in [0.25, 0.3) is 11.3 Å². The number of aryl methyl sites for hydroxylation is 1.